The third-order valence-electron chi connectivity index (χ3n) is 3.40. The molecule has 1 aromatic rings. The monoisotopic (exact) mass is 264 g/mol. The summed E-state index contributed by atoms with van der Waals surface area (Å²) in [5.41, 5.74) is 0.0591. The van der Waals surface area contributed by atoms with Crippen molar-refractivity contribution >= 4 is 11.6 Å². The normalized spacial score (nSPS) is 17.3. The van der Waals surface area contributed by atoms with E-state index in [1.54, 1.807) is 0 Å². The topological polar surface area (TPSA) is 71.2 Å². The molecule has 0 bridgehead atoms. The number of rotatable bonds is 5. The minimum absolute atomic E-state index is 0.185. The van der Waals surface area contributed by atoms with E-state index in [-0.39, 0.29) is 23.1 Å². The van der Waals surface area contributed by atoms with Crippen LogP contribution in [0.4, 0.5) is 5.69 Å². The maximum atomic E-state index is 12.1. The zero-order chi connectivity index (χ0) is 13.7. The Labute approximate surface area is 112 Å². The number of anilines is 1. The van der Waals surface area contributed by atoms with Crippen LogP contribution in [-0.2, 0) is 9.53 Å². The molecule has 104 valence electrons. The van der Waals surface area contributed by atoms with Gasteiger partial charge in [0.05, 0.1) is 6.10 Å². The van der Waals surface area contributed by atoms with Crippen molar-refractivity contribution in [2.75, 3.05) is 5.32 Å². The van der Waals surface area contributed by atoms with Gasteiger partial charge in [-0.2, -0.15) is 0 Å². The molecule has 0 spiro atoms. The van der Waals surface area contributed by atoms with E-state index in [0.717, 1.165) is 12.8 Å². The summed E-state index contributed by atoms with van der Waals surface area (Å²) in [5.74, 6) is -0.244. The number of amides is 1. The molecule has 2 N–H and O–H groups in total. The van der Waals surface area contributed by atoms with Gasteiger partial charge in [-0.1, -0.05) is 19.8 Å². The minimum atomic E-state index is -0.484. The van der Waals surface area contributed by atoms with Gasteiger partial charge < -0.3 is 15.0 Å². The summed E-state index contributed by atoms with van der Waals surface area (Å²) in [4.78, 5) is 26.4. The van der Waals surface area contributed by atoms with Crippen LogP contribution in [0.15, 0.2) is 23.3 Å². The molecule has 19 heavy (non-hydrogen) atoms. The lowest BCUT2D eigenvalue weighted by Gasteiger charge is -2.20. The standard InChI is InChI=1S/C14H20N2O3/c1-2-13(19-10-5-3-4-6-10)14(18)16-11-9-15-8-7-12(11)17/h7-10,13H,2-6H2,1H3,(H,15,17)(H,16,18)/t13-/m1/s1. The van der Waals surface area contributed by atoms with E-state index in [1.807, 2.05) is 6.92 Å². The van der Waals surface area contributed by atoms with E-state index >= 15 is 0 Å². The first-order valence-electron chi connectivity index (χ1n) is 6.84. The SMILES string of the molecule is CC[C@@H](OC1CCCC1)C(=O)Nc1c[nH]ccc1=O. The fraction of sp³-hybridized carbons (Fsp3) is 0.571. The Morgan fingerprint density at radius 2 is 2.26 bits per heavy atom. The van der Waals surface area contributed by atoms with E-state index in [9.17, 15) is 9.59 Å². The zero-order valence-corrected chi connectivity index (χ0v) is 11.1. The molecule has 1 fully saturated rings. The van der Waals surface area contributed by atoms with E-state index in [2.05, 4.69) is 10.3 Å². The average Bonchev–Trinajstić information content (AvgIpc) is 2.91. The van der Waals surface area contributed by atoms with Gasteiger partial charge in [-0.05, 0) is 19.3 Å². The summed E-state index contributed by atoms with van der Waals surface area (Å²) in [5, 5.41) is 2.63. The highest BCUT2D eigenvalue weighted by Crippen LogP contribution is 2.23. The molecule has 0 saturated heterocycles. The first-order valence-corrected chi connectivity index (χ1v) is 6.84. The van der Waals surface area contributed by atoms with Crippen LogP contribution in [0, 0.1) is 0 Å². The first kappa shape index (κ1) is 13.8. The fourth-order valence-electron chi connectivity index (χ4n) is 2.33. The second-order valence-electron chi connectivity index (χ2n) is 4.85. The quantitative estimate of drug-likeness (QED) is 0.855. The van der Waals surface area contributed by atoms with Crippen LogP contribution in [0.5, 0.6) is 0 Å². The number of aromatic amines is 1. The van der Waals surface area contributed by atoms with Crippen LogP contribution in [0.3, 0.4) is 0 Å². The van der Waals surface area contributed by atoms with E-state index in [0.29, 0.717) is 6.42 Å². The summed E-state index contributed by atoms with van der Waals surface area (Å²) in [7, 11) is 0. The highest BCUT2D eigenvalue weighted by molar-refractivity contribution is 5.93. The summed E-state index contributed by atoms with van der Waals surface area (Å²) in [6.07, 6.45) is 7.71. The van der Waals surface area contributed by atoms with Crippen LogP contribution in [0.25, 0.3) is 0 Å². The van der Waals surface area contributed by atoms with Gasteiger partial charge in [-0.3, -0.25) is 9.59 Å². The summed E-state index contributed by atoms with van der Waals surface area (Å²) >= 11 is 0. The summed E-state index contributed by atoms with van der Waals surface area (Å²) in [6.45, 7) is 1.91. The molecule has 1 aromatic heterocycles. The molecule has 0 aliphatic heterocycles. The smallest absolute Gasteiger partial charge is 0.253 e. The molecular weight excluding hydrogens is 244 g/mol. The molecule has 1 aliphatic rings. The van der Waals surface area contributed by atoms with Gasteiger partial charge in [0.25, 0.3) is 5.91 Å². The maximum absolute atomic E-state index is 12.1. The number of hydrogen-bond acceptors (Lipinski definition) is 3. The van der Waals surface area contributed by atoms with Gasteiger partial charge >= 0.3 is 0 Å². The molecule has 1 saturated carbocycles. The predicted molar refractivity (Wildman–Crippen MR) is 73.1 cm³/mol. The van der Waals surface area contributed by atoms with Gasteiger partial charge in [-0.15, -0.1) is 0 Å². The van der Waals surface area contributed by atoms with E-state index < -0.39 is 6.10 Å². The number of H-pyrrole nitrogens is 1. The summed E-state index contributed by atoms with van der Waals surface area (Å²) < 4.78 is 5.81. The van der Waals surface area contributed by atoms with Gasteiger partial charge in [-0.25, -0.2) is 0 Å². The van der Waals surface area contributed by atoms with Crippen LogP contribution < -0.4 is 10.7 Å². The zero-order valence-electron chi connectivity index (χ0n) is 11.1. The molecule has 0 aromatic carbocycles. The lowest BCUT2D eigenvalue weighted by atomic mass is 10.2. The molecule has 0 unspecified atom stereocenters. The van der Waals surface area contributed by atoms with Crippen LogP contribution in [0.1, 0.15) is 39.0 Å². The van der Waals surface area contributed by atoms with Crippen LogP contribution in [0.2, 0.25) is 0 Å². The Morgan fingerprint density at radius 1 is 1.53 bits per heavy atom. The number of carbonyl (C=O) groups is 1. The Balaban J connectivity index is 1.96. The molecule has 2 rings (SSSR count). The highest BCUT2D eigenvalue weighted by atomic mass is 16.5. The third-order valence-corrected chi connectivity index (χ3v) is 3.40. The Morgan fingerprint density at radius 3 is 2.89 bits per heavy atom. The number of nitrogens with one attached hydrogen (secondary N) is 2. The summed E-state index contributed by atoms with van der Waals surface area (Å²) in [6, 6.07) is 1.38. The third kappa shape index (κ3) is 3.67. The van der Waals surface area contributed by atoms with Crippen molar-refractivity contribution < 1.29 is 9.53 Å². The molecule has 1 aliphatic carbocycles. The van der Waals surface area contributed by atoms with Crippen molar-refractivity contribution in [2.45, 2.75) is 51.2 Å². The lowest BCUT2D eigenvalue weighted by Crippen LogP contribution is -2.34. The molecule has 5 nitrogen and oxygen atoms in total. The highest BCUT2D eigenvalue weighted by Gasteiger charge is 2.24. The molecule has 0 radical (unpaired) electrons. The Bertz CT molecular complexity index is 478. The molecule has 1 atom stereocenters. The maximum Gasteiger partial charge on any atom is 0.253 e. The van der Waals surface area contributed by atoms with Crippen molar-refractivity contribution in [1.82, 2.24) is 4.98 Å². The van der Waals surface area contributed by atoms with E-state index in [1.165, 1.54) is 31.3 Å². The van der Waals surface area contributed by atoms with Gasteiger partial charge in [0.1, 0.15) is 11.8 Å². The van der Waals surface area contributed by atoms with Gasteiger partial charge in [0.15, 0.2) is 0 Å². The largest absolute Gasteiger partial charge is 0.366 e. The molecular formula is C14H20N2O3. The number of carbonyl (C=O) groups excluding carboxylic acids is 1. The molecule has 5 heteroatoms. The number of ether oxygens (including phenoxy) is 1. The fourth-order valence-corrected chi connectivity index (χ4v) is 2.33. The van der Waals surface area contributed by atoms with Crippen LogP contribution >= 0.6 is 0 Å². The van der Waals surface area contributed by atoms with Gasteiger partial charge in [0.2, 0.25) is 5.43 Å². The first-order chi connectivity index (χ1) is 9.20. The van der Waals surface area contributed by atoms with Crippen LogP contribution in [-0.4, -0.2) is 23.1 Å². The van der Waals surface area contributed by atoms with Gasteiger partial charge in [0, 0.05) is 18.5 Å². The second kappa shape index (κ2) is 6.52. The number of pyridine rings is 1. The molecule has 1 amide bonds. The van der Waals surface area contributed by atoms with Crippen molar-refractivity contribution in [3.63, 3.8) is 0 Å². The van der Waals surface area contributed by atoms with E-state index in [4.69, 9.17) is 4.74 Å². The predicted octanol–water partition coefficient (Wildman–Crippen LogP) is 2.05. The van der Waals surface area contributed by atoms with Crippen molar-refractivity contribution in [1.29, 1.82) is 0 Å². The minimum Gasteiger partial charge on any atom is -0.366 e. The van der Waals surface area contributed by atoms with Crippen molar-refractivity contribution in [2.24, 2.45) is 0 Å². The number of hydrogen-bond donors (Lipinski definition) is 2. The Kier molecular flexibility index (Phi) is 4.74. The van der Waals surface area contributed by atoms with Crippen molar-refractivity contribution in [3.8, 4) is 0 Å². The average molecular weight is 264 g/mol. The van der Waals surface area contributed by atoms with Crippen molar-refractivity contribution in [3.05, 3.63) is 28.7 Å². The second-order valence-corrected chi connectivity index (χ2v) is 4.85. The lowest BCUT2D eigenvalue weighted by molar-refractivity contribution is -0.131. The Hall–Kier alpha value is -1.62. The molecule has 1 heterocycles. The number of aromatic nitrogens is 1.